The third-order valence-electron chi connectivity index (χ3n) is 10.1. The Hall–Kier alpha value is -3.34. The molecule has 0 bridgehead atoms. The largest absolute Gasteiger partial charge is 0.313 e. The standard InChI is InChI=1S/C44H49NP2/c1-4-35-26-28-36(29-27-35)34-45-31-17-30-44(2,3)37-32-42(46(38-18-9-5-10-19-38)39-20-11-6-12-21-39)43(33-37)47(40-22-13-7-14-23-40)41-24-15-8-16-25-41/h4-16,18-29,37,42-43,45H,1,17,30-34H2,2-3H3/t37?,42-,43?/m0/s1. The third-order valence-corrected chi connectivity index (χ3v) is 16.2. The van der Waals surface area contributed by atoms with E-state index in [1.807, 2.05) is 6.08 Å². The van der Waals surface area contributed by atoms with Crippen molar-refractivity contribution in [2.75, 3.05) is 6.54 Å². The number of benzene rings is 5. The molecule has 1 aliphatic carbocycles. The Labute approximate surface area is 286 Å². The summed E-state index contributed by atoms with van der Waals surface area (Å²) >= 11 is 0. The first-order valence-electron chi connectivity index (χ1n) is 17.2. The Balaban J connectivity index is 1.28. The molecule has 0 amide bonds. The second-order valence-electron chi connectivity index (χ2n) is 13.6. The molecule has 5 aromatic rings. The molecule has 0 aromatic heterocycles. The van der Waals surface area contributed by atoms with Crippen LogP contribution in [0, 0.1) is 11.3 Å². The topological polar surface area (TPSA) is 12.0 Å². The summed E-state index contributed by atoms with van der Waals surface area (Å²) in [5, 5.41) is 9.79. The van der Waals surface area contributed by atoms with E-state index in [-0.39, 0.29) is 5.41 Å². The molecule has 0 aliphatic heterocycles. The van der Waals surface area contributed by atoms with E-state index >= 15 is 0 Å². The Bertz CT molecular complexity index is 1480. The maximum atomic E-state index is 3.88. The molecule has 0 radical (unpaired) electrons. The highest BCUT2D eigenvalue weighted by atomic mass is 31.1. The summed E-state index contributed by atoms with van der Waals surface area (Å²) in [6.07, 6.45) is 6.91. The van der Waals surface area contributed by atoms with Crippen LogP contribution in [-0.2, 0) is 6.54 Å². The van der Waals surface area contributed by atoms with Crippen LogP contribution in [0.3, 0.4) is 0 Å². The van der Waals surface area contributed by atoms with Crippen LogP contribution in [0.1, 0.15) is 50.7 Å². The normalized spacial score (nSPS) is 18.1. The number of hydrogen-bond donors (Lipinski definition) is 1. The lowest BCUT2D eigenvalue weighted by molar-refractivity contribution is 0.194. The molecule has 0 spiro atoms. The van der Waals surface area contributed by atoms with Crippen LogP contribution in [0.25, 0.3) is 6.08 Å². The molecule has 0 heterocycles. The smallest absolute Gasteiger partial charge is 0.0205 e. The number of nitrogens with one attached hydrogen (secondary N) is 1. The Kier molecular flexibility index (Phi) is 11.5. The van der Waals surface area contributed by atoms with E-state index in [0.29, 0.717) is 17.2 Å². The van der Waals surface area contributed by atoms with E-state index in [4.69, 9.17) is 0 Å². The first kappa shape index (κ1) is 33.6. The minimum atomic E-state index is -0.529. The summed E-state index contributed by atoms with van der Waals surface area (Å²) in [6.45, 7) is 11.0. The predicted octanol–water partition coefficient (Wildman–Crippen LogP) is 9.64. The van der Waals surface area contributed by atoms with Gasteiger partial charge in [-0.2, -0.15) is 0 Å². The molecule has 5 aromatic carbocycles. The molecule has 2 unspecified atom stereocenters. The molecule has 240 valence electrons. The van der Waals surface area contributed by atoms with Gasteiger partial charge in [-0.15, -0.1) is 0 Å². The van der Waals surface area contributed by atoms with Gasteiger partial charge in [0.1, 0.15) is 0 Å². The van der Waals surface area contributed by atoms with Gasteiger partial charge in [0.15, 0.2) is 0 Å². The minimum absolute atomic E-state index is 0.267. The van der Waals surface area contributed by atoms with E-state index in [9.17, 15) is 0 Å². The molecule has 3 atom stereocenters. The molecule has 0 saturated heterocycles. The van der Waals surface area contributed by atoms with Gasteiger partial charge in [-0.3, -0.25) is 0 Å². The van der Waals surface area contributed by atoms with Gasteiger partial charge in [0.2, 0.25) is 0 Å². The average molecular weight is 654 g/mol. The van der Waals surface area contributed by atoms with Crippen molar-refractivity contribution in [3.63, 3.8) is 0 Å². The fraction of sp³-hybridized carbons (Fsp3) is 0.273. The zero-order chi connectivity index (χ0) is 32.5. The zero-order valence-corrected chi connectivity index (χ0v) is 29.8. The monoisotopic (exact) mass is 653 g/mol. The molecule has 1 aliphatic rings. The second-order valence-corrected chi connectivity index (χ2v) is 18.5. The lowest BCUT2D eigenvalue weighted by Crippen LogP contribution is -2.31. The van der Waals surface area contributed by atoms with Gasteiger partial charge in [-0.1, -0.05) is 172 Å². The van der Waals surface area contributed by atoms with Gasteiger partial charge >= 0.3 is 0 Å². The molecule has 47 heavy (non-hydrogen) atoms. The van der Waals surface area contributed by atoms with Crippen molar-refractivity contribution in [3.8, 4) is 0 Å². The van der Waals surface area contributed by atoms with E-state index in [2.05, 4.69) is 171 Å². The van der Waals surface area contributed by atoms with Gasteiger partial charge in [-0.05, 0) is 103 Å². The van der Waals surface area contributed by atoms with Crippen LogP contribution in [0.4, 0.5) is 0 Å². The highest BCUT2D eigenvalue weighted by Crippen LogP contribution is 2.61. The van der Waals surface area contributed by atoms with Crippen LogP contribution in [0.2, 0.25) is 0 Å². The highest BCUT2D eigenvalue weighted by Gasteiger charge is 2.48. The van der Waals surface area contributed by atoms with Gasteiger partial charge in [0.05, 0.1) is 0 Å². The van der Waals surface area contributed by atoms with E-state index in [1.165, 1.54) is 58.0 Å². The van der Waals surface area contributed by atoms with E-state index in [1.54, 1.807) is 0 Å². The van der Waals surface area contributed by atoms with Crippen molar-refractivity contribution in [3.05, 3.63) is 163 Å². The molecule has 3 heteroatoms. The molecule has 1 N–H and O–H groups in total. The molecule has 6 rings (SSSR count). The maximum Gasteiger partial charge on any atom is 0.0205 e. The first-order chi connectivity index (χ1) is 23.0. The van der Waals surface area contributed by atoms with Gasteiger partial charge in [0.25, 0.3) is 0 Å². The summed E-state index contributed by atoms with van der Waals surface area (Å²) in [4.78, 5) is 0. The van der Waals surface area contributed by atoms with E-state index < -0.39 is 15.8 Å². The van der Waals surface area contributed by atoms with E-state index in [0.717, 1.165) is 13.1 Å². The van der Waals surface area contributed by atoms with Crippen LogP contribution >= 0.6 is 15.8 Å². The quantitative estimate of drug-likeness (QED) is 0.0930. The van der Waals surface area contributed by atoms with Gasteiger partial charge in [-0.25, -0.2) is 0 Å². The minimum Gasteiger partial charge on any atom is -0.313 e. The zero-order valence-electron chi connectivity index (χ0n) is 28.0. The lowest BCUT2D eigenvalue weighted by Gasteiger charge is -2.35. The van der Waals surface area contributed by atoms with Gasteiger partial charge in [0, 0.05) is 6.54 Å². The average Bonchev–Trinajstić information content (AvgIpc) is 3.55. The molecule has 1 saturated carbocycles. The van der Waals surface area contributed by atoms with Crippen LogP contribution in [-0.4, -0.2) is 17.9 Å². The Morgan fingerprint density at radius 3 is 1.40 bits per heavy atom. The summed E-state index contributed by atoms with van der Waals surface area (Å²) in [7, 11) is -1.06. The summed E-state index contributed by atoms with van der Waals surface area (Å²) in [5.74, 6) is 0.679. The van der Waals surface area contributed by atoms with Crippen molar-refractivity contribution in [1.29, 1.82) is 0 Å². The molecular weight excluding hydrogens is 604 g/mol. The molecule has 1 nitrogen and oxygen atoms in total. The van der Waals surface area contributed by atoms with Gasteiger partial charge < -0.3 is 5.32 Å². The summed E-state index contributed by atoms with van der Waals surface area (Å²) < 4.78 is 0. The highest BCUT2D eigenvalue weighted by molar-refractivity contribution is 7.77. The van der Waals surface area contributed by atoms with Crippen molar-refractivity contribution < 1.29 is 0 Å². The summed E-state index contributed by atoms with van der Waals surface area (Å²) in [5.41, 5.74) is 4.00. The van der Waals surface area contributed by atoms with Crippen molar-refractivity contribution >= 4 is 43.1 Å². The van der Waals surface area contributed by atoms with Crippen LogP contribution in [0.5, 0.6) is 0 Å². The summed E-state index contributed by atoms with van der Waals surface area (Å²) in [6, 6.07) is 54.6. The fourth-order valence-electron chi connectivity index (χ4n) is 7.48. The maximum absolute atomic E-state index is 3.88. The van der Waals surface area contributed by atoms with Crippen LogP contribution < -0.4 is 26.5 Å². The second kappa shape index (κ2) is 16.2. The SMILES string of the molecule is C=Cc1ccc(CNCCCC(C)(C)C2CC(P(c3ccccc3)c3ccccc3)[C@@H](P(c3ccccc3)c3ccccc3)C2)cc1. The van der Waals surface area contributed by atoms with Crippen molar-refractivity contribution in [1.82, 2.24) is 5.32 Å². The Morgan fingerprint density at radius 2 is 1.02 bits per heavy atom. The molecule has 1 fully saturated rings. The van der Waals surface area contributed by atoms with Crippen LogP contribution in [0.15, 0.2) is 152 Å². The molecular formula is C44H49NP2. The number of rotatable bonds is 14. The Morgan fingerprint density at radius 1 is 0.617 bits per heavy atom. The van der Waals surface area contributed by atoms with Crippen molar-refractivity contribution in [2.45, 2.75) is 57.4 Å². The fourth-order valence-corrected chi connectivity index (χ4v) is 14.2. The third kappa shape index (κ3) is 8.39. The first-order valence-corrected chi connectivity index (χ1v) is 20.1. The number of hydrogen-bond acceptors (Lipinski definition) is 1. The predicted molar refractivity (Wildman–Crippen MR) is 210 cm³/mol. The van der Waals surface area contributed by atoms with Crippen molar-refractivity contribution in [2.24, 2.45) is 11.3 Å². The lowest BCUT2D eigenvalue weighted by atomic mass is 9.74.